The Hall–Kier alpha value is -0.633. The molecule has 0 spiro atoms. The minimum atomic E-state index is -1.85. The maximum absolute atomic E-state index is 12.8. The summed E-state index contributed by atoms with van der Waals surface area (Å²) in [6, 6.07) is 0.487. The molecule has 2 rings (SSSR count). The van der Waals surface area contributed by atoms with E-state index >= 15 is 0 Å². The number of ether oxygens (including phenoxy) is 1. The van der Waals surface area contributed by atoms with Crippen LogP contribution >= 0.6 is 0 Å². The molecule has 2 fully saturated rings. The summed E-state index contributed by atoms with van der Waals surface area (Å²) in [5.74, 6) is 0. The molecule has 0 saturated carbocycles. The van der Waals surface area contributed by atoms with Gasteiger partial charge in [0.2, 0.25) is 0 Å². The second-order valence-corrected chi connectivity index (χ2v) is 15.3. The highest BCUT2D eigenvalue weighted by molar-refractivity contribution is 6.74. The van der Waals surface area contributed by atoms with Crippen LogP contribution < -0.4 is 5.32 Å². The lowest BCUT2D eigenvalue weighted by atomic mass is 10.1. The summed E-state index contributed by atoms with van der Waals surface area (Å²) in [6.07, 6.45) is 0.761. The van der Waals surface area contributed by atoms with E-state index in [-0.39, 0.29) is 17.2 Å². The Balaban J connectivity index is 2.08. The van der Waals surface area contributed by atoms with Crippen molar-refractivity contribution in [2.24, 2.45) is 0 Å². The normalized spacial score (nSPS) is 25.7. The van der Waals surface area contributed by atoms with Gasteiger partial charge in [-0.1, -0.05) is 20.8 Å². The molecule has 2 aliphatic heterocycles. The first kappa shape index (κ1) is 22.7. The van der Waals surface area contributed by atoms with Gasteiger partial charge in [0.05, 0.1) is 12.6 Å². The first-order chi connectivity index (χ1) is 12.3. The van der Waals surface area contributed by atoms with Crippen molar-refractivity contribution in [1.82, 2.24) is 15.1 Å². The number of nitrogens with one attached hydrogen (secondary N) is 1. The third-order valence-electron chi connectivity index (χ3n) is 6.13. The second kappa shape index (κ2) is 8.39. The number of hydrogen-bond donors (Lipinski definition) is 1. The zero-order valence-corrected chi connectivity index (χ0v) is 19.7. The van der Waals surface area contributed by atoms with Crippen LogP contribution in [0.3, 0.4) is 0 Å². The van der Waals surface area contributed by atoms with E-state index in [2.05, 4.69) is 44.1 Å². The standard InChI is InChI=1S/C20H41N3O3Si/c1-19(2,3)26-18(24)23-14-16(22-11-9-21-10-12-22)13-17(23)15-25-27(7,8)20(4,5)6/h16-17,21H,9-15H2,1-8H3/t16-,17-/m0/s1. The topological polar surface area (TPSA) is 54.0 Å². The zero-order chi connectivity index (χ0) is 20.5. The molecule has 7 heteroatoms. The molecule has 2 saturated heterocycles. The Morgan fingerprint density at radius 2 is 1.70 bits per heavy atom. The Bertz CT molecular complexity index is 508. The van der Waals surface area contributed by atoms with Crippen LogP contribution in [0.1, 0.15) is 48.0 Å². The van der Waals surface area contributed by atoms with Crippen molar-refractivity contribution in [3.63, 3.8) is 0 Å². The monoisotopic (exact) mass is 399 g/mol. The van der Waals surface area contributed by atoms with Gasteiger partial charge < -0.3 is 19.4 Å². The average molecular weight is 400 g/mol. The molecular formula is C20H41N3O3Si. The molecule has 0 aromatic heterocycles. The van der Waals surface area contributed by atoms with E-state index in [0.717, 1.165) is 39.1 Å². The van der Waals surface area contributed by atoms with E-state index < -0.39 is 13.9 Å². The molecule has 158 valence electrons. The molecule has 0 aromatic rings. The summed E-state index contributed by atoms with van der Waals surface area (Å²) in [5.41, 5.74) is -0.477. The van der Waals surface area contributed by atoms with Gasteiger partial charge in [-0.25, -0.2) is 4.79 Å². The Morgan fingerprint density at radius 1 is 1.11 bits per heavy atom. The van der Waals surface area contributed by atoms with Gasteiger partial charge in [-0.15, -0.1) is 0 Å². The van der Waals surface area contributed by atoms with Crippen molar-refractivity contribution in [3.8, 4) is 0 Å². The highest BCUT2D eigenvalue weighted by atomic mass is 28.4. The van der Waals surface area contributed by atoms with E-state index in [1.165, 1.54) is 0 Å². The van der Waals surface area contributed by atoms with Gasteiger partial charge in [0.25, 0.3) is 0 Å². The third-order valence-corrected chi connectivity index (χ3v) is 10.6. The molecular weight excluding hydrogens is 358 g/mol. The highest BCUT2D eigenvalue weighted by Crippen LogP contribution is 2.37. The van der Waals surface area contributed by atoms with E-state index in [9.17, 15) is 4.79 Å². The fourth-order valence-electron chi connectivity index (χ4n) is 3.43. The van der Waals surface area contributed by atoms with Gasteiger partial charge in [-0.2, -0.15) is 0 Å². The lowest BCUT2D eigenvalue weighted by Gasteiger charge is -2.38. The molecule has 0 bridgehead atoms. The maximum atomic E-state index is 12.8. The number of amides is 1. The highest BCUT2D eigenvalue weighted by Gasteiger charge is 2.43. The molecule has 2 atom stereocenters. The molecule has 1 N–H and O–H groups in total. The van der Waals surface area contributed by atoms with Gasteiger partial charge in [0.15, 0.2) is 8.32 Å². The van der Waals surface area contributed by atoms with Crippen molar-refractivity contribution in [3.05, 3.63) is 0 Å². The number of nitrogens with zero attached hydrogens (tertiary/aromatic N) is 2. The molecule has 0 aliphatic carbocycles. The van der Waals surface area contributed by atoms with Crippen LogP contribution in [-0.4, -0.2) is 81.2 Å². The molecule has 27 heavy (non-hydrogen) atoms. The molecule has 2 heterocycles. The molecule has 2 aliphatic rings. The van der Waals surface area contributed by atoms with Gasteiger partial charge in [0, 0.05) is 38.8 Å². The van der Waals surface area contributed by atoms with Crippen molar-refractivity contribution in [1.29, 1.82) is 0 Å². The summed E-state index contributed by atoms with van der Waals surface area (Å²) in [4.78, 5) is 17.3. The first-order valence-electron chi connectivity index (χ1n) is 10.4. The fraction of sp³-hybridized carbons (Fsp3) is 0.950. The average Bonchev–Trinajstić information content (AvgIpc) is 2.95. The SMILES string of the molecule is CC(C)(C)OC(=O)N1C[C@@H](N2CCNCC2)C[C@H]1CO[Si](C)(C)C(C)(C)C. The number of rotatable bonds is 4. The quantitative estimate of drug-likeness (QED) is 0.735. The van der Waals surface area contributed by atoms with Crippen molar-refractivity contribution < 1.29 is 14.0 Å². The lowest BCUT2D eigenvalue weighted by molar-refractivity contribution is 0.0172. The third kappa shape index (κ3) is 6.17. The van der Waals surface area contributed by atoms with Gasteiger partial charge >= 0.3 is 6.09 Å². The fourth-order valence-corrected chi connectivity index (χ4v) is 4.47. The van der Waals surface area contributed by atoms with Crippen molar-refractivity contribution >= 4 is 14.4 Å². The van der Waals surface area contributed by atoms with E-state index in [0.29, 0.717) is 12.6 Å². The summed E-state index contributed by atoms with van der Waals surface area (Å²) >= 11 is 0. The number of carbonyl (C=O) groups is 1. The minimum Gasteiger partial charge on any atom is -0.444 e. The van der Waals surface area contributed by atoms with Crippen LogP contribution in [-0.2, 0) is 9.16 Å². The van der Waals surface area contributed by atoms with Crippen LogP contribution in [0.5, 0.6) is 0 Å². The smallest absolute Gasteiger partial charge is 0.410 e. The Kier molecular flexibility index (Phi) is 7.04. The van der Waals surface area contributed by atoms with E-state index in [1.54, 1.807) is 0 Å². The first-order valence-corrected chi connectivity index (χ1v) is 13.3. The number of likely N-dealkylation sites (tertiary alicyclic amines) is 1. The van der Waals surface area contributed by atoms with E-state index in [1.807, 2.05) is 25.7 Å². The molecule has 0 aromatic carbocycles. The predicted molar refractivity (Wildman–Crippen MR) is 113 cm³/mol. The van der Waals surface area contributed by atoms with Gasteiger partial charge in [0.1, 0.15) is 5.60 Å². The number of piperazine rings is 1. The Morgan fingerprint density at radius 3 is 2.22 bits per heavy atom. The maximum Gasteiger partial charge on any atom is 0.410 e. The number of carbonyl (C=O) groups excluding carboxylic acids is 1. The Labute approximate surface area is 167 Å². The second-order valence-electron chi connectivity index (χ2n) is 10.5. The largest absolute Gasteiger partial charge is 0.444 e. The van der Waals surface area contributed by atoms with Crippen molar-refractivity contribution in [2.75, 3.05) is 39.3 Å². The summed E-state index contributed by atoms with van der Waals surface area (Å²) < 4.78 is 12.2. The van der Waals surface area contributed by atoms with Gasteiger partial charge in [-0.05, 0) is 45.3 Å². The molecule has 0 unspecified atom stereocenters. The molecule has 0 radical (unpaired) electrons. The number of hydrogen-bond acceptors (Lipinski definition) is 5. The van der Waals surface area contributed by atoms with Crippen LogP contribution in [0.15, 0.2) is 0 Å². The summed E-state index contributed by atoms with van der Waals surface area (Å²) in [6.45, 7) is 22.6. The van der Waals surface area contributed by atoms with Crippen LogP contribution in [0, 0.1) is 0 Å². The zero-order valence-electron chi connectivity index (χ0n) is 18.7. The summed E-state index contributed by atoms with van der Waals surface area (Å²) in [7, 11) is -1.85. The van der Waals surface area contributed by atoms with Crippen molar-refractivity contribution in [2.45, 2.75) is 83.8 Å². The minimum absolute atomic E-state index is 0.0915. The van der Waals surface area contributed by atoms with E-state index in [4.69, 9.17) is 9.16 Å². The van der Waals surface area contributed by atoms with Crippen LogP contribution in [0.25, 0.3) is 0 Å². The molecule has 6 nitrogen and oxygen atoms in total. The van der Waals surface area contributed by atoms with Crippen LogP contribution in [0.4, 0.5) is 4.79 Å². The van der Waals surface area contributed by atoms with Crippen LogP contribution in [0.2, 0.25) is 18.1 Å². The lowest BCUT2D eigenvalue weighted by Crippen LogP contribution is -2.49. The molecule has 1 amide bonds. The predicted octanol–water partition coefficient (Wildman–Crippen LogP) is 3.29. The van der Waals surface area contributed by atoms with Gasteiger partial charge in [-0.3, -0.25) is 4.90 Å². The summed E-state index contributed by atoms with van der Waals surface area (Å²) in [5, 5.41) is 3.58.